The van der Waals surface area contributed by atoms with E-state index >= 15 is 0 Å². The Morgan fingerprint density at radius 2 is 1.70 bits per heavy atom. The molecule has 0 aromatic heterocycles. The number of likely N-dealkylation sites (tertiary alicyclic amines) is 1. The first-order valence-corrected chi connectivity index (χ1v) is 11.5. The minimum absolute atomic E-state index is 0.190. The Morgan fingerprint density at radius 1 is 1.06 bits per heavy atom. The number of carbonyl (C=O) groups is 5. The van der Waals surface area contributed by atoms with Gasteiger partial charge in [-0.25, -0.2) is 9.59 Å². The normalized spacial score (nSPS) is 24.0. The molecule has 11 heteroatoms. The molecule has 0 aromatic rings. The van der Waals surface area contributed by atoms with E-state index in [0.29, 0.717) is 45.2 Å². The second-order valence-corrected chi connectivity index (χ2v) is 9.86. The number of amides is 4. The summed E-state index contributed by atoms with van der Waals surface area (Å²) in [7, 11) is 0. The van der Waals surface area contributed by atoms with Gasteiger partial charge in [0, 0.05) is 19.0 Å². The molecular weight excluding hydrogens is 432 g/mol. The second kappa shape index (κ2) is 11.3. The van der Waals surface area contributed by atoms with Crippen LogP contribution in [-0.2, 0) is 23.9 Å². The molecule has 2 atom stereocenters. The lowest BCUT2D eigenvalue weighted by molar-refractivity contribution is -0.144. The predicted molar refractivity (Wildman–Crippen MR) is 118 cm³/mol. The number of ether oxygens (including phenoxy) is 1. The smallest absolute Gasteiger partial charge is 0.410 e. The summed E-state index contributed by atoms with van der Waals surface area (Å²) in [4.78, 5) is 61.2. The predicted octanol–water partition coefficient (Wildman–Crippen LogP) is 0.753. The quantitative estimate of drug-likeness (QED) is 0.407. The van der Waals surface area contributed by atoms with Crippen LogP contribution in [0.25, 0.3) is 0 Å². The lowest BCUT2D eigenvalue weighted by Gasteiger charge is -2.30. The zero-order chi connectivity index (χ0) is 24.8. The molecule has 4 amide bonds. The van der Waals surface area contributed by atoms with E-state index < -0.39 is 48.0 Å². The molecule has 1 aliphatic heterocycles. The van der Waals surface area contributed by atoms with Crippen molar-refractivity contribution < 1.29 is 33.8 Å². The Labute approximate surface area is 193 Å². The Hall–Kier alpha value is -2.85. The molecule has 11 nitrogen and oxygen atoms in total. The molecule has 1 aliphatic carbocycles. The highest BCUT2D eigenvalue weighted by molar-refractivity contribution is 5.89. The minimum atomic E-state index is -1.33. The maximum Gasteiger partial charge on any atom is 0.410 e. The summed E-state index contributed by atoms with van der Waals surface area (Å²) < 4.78 is 5.40. The molecule has 1 heterocycles. The minimum Gasteiger partial charge on any atom is -0.480 e. The van der Waals surface area contributed by atoms with Crippen molar-refractivity contribution in [3.63, 3.8) is 0 Å². The van der Waals surface area contributed by atoms with Gasteiger partial charge in [-0.2, -0.15) is 0 Å². The summed E-state index contributed by atoms with van der Waals surface area (Å²) in [5.74, 6) is -2.85. The van der Waals surface area contributed by atoms with Crippen molar-refractivity contribution in [1.82, 2.24) is 15.5 Å². The zero-order valence-electron chi connectivity index (χ0n) is 19.6. The van der Waals surface area contributed by atoms with Gasteiger partial charge in [-0.3, -0.25) is 19.3 Å². The molecule has 1 saturated heterocycles. The van der Waals surface area contributed by atoms with E-state index in [2.05, 4.69) is 10.6 Å². The fraction of sp³-hybridized carbons (Fsp3) is 0.773. The number of nitrogens with zero attached hydrogens (tertiary/aromatic N) is 1. The number of primary amides is 1. The van der Waals surface area contributed by atoms with Crippen LogP contribution in [0.5, 0.6) is 0 Å². The molecule has 2 unspecified atom stereocenters. The Balaban J connectivity index is 1.78. The van der Waals surface area contributed by atoms with Crippen molar-refractivity contribution in [2.45, 2.75) is 83.4 Å². The molecule has 33 heavy (non-hydrogen) atoms. The van der Waals surface area contributed by atoms with Crippen LogP contribution in [0.2, 0.25) is 0 Å². The van der Waals surface area contributed by atoms with Crippen LogP contribution in [0.1, 0.15) is 65.7 Å². The third-order valence-electron chi connectivity index (χ3n) is 5.99. The Bertz CT molecular complexity index is 756. The van der Waals surface area contributed by atoms with E-state index in [1.807, 2.05) is 0 Å². The summed E-state index contributed by atoms with van der Waals surface area (Å²) in [6.45, 7) is 6.29. The summed E-state index contributed by atoms with van der Waals surface area (Å²) in [6, 6.07) is -1.87. The van der Waals surface area contributed by atoms with Crippen molar-refractivity contribution in [3.8, 4) is 0 Å². The summed E-state index contributed by atoms with van der Waals surface area (Å²) >= 11 is 0. The van der Waals surface area contributed by atoms with E-state index in [0.717, 1.165) is 6.42 Å². The average Bonchev–Trinajstić information content (AvgIpc) is 3.20. The van der Waals surface area contributed by atoms with Gasteiger partial charge in [-0.15, -0.1) is 0 Å². The molecule has 2 rings (SSSR count). The van der Waals surface area contributed by atoms with E-state index in [1.165, 1.54) is 4.90 Å². The van der Waals surface area contributed by atoms with Crippen molar-refractivity contribution in [3.05, 3.63) is 0 Å². The van der Waals surface area contributed by atoms with Crippen LogP contribution in [0.3, 0.4) is 0 Å². The first-order valence-electron chi connectivity index (χ1n) is 11.5. The Kier molecular flexibility index (Phi) is 9.07. The van der Waals surface area contributed by atoms with Crippen molar-refractivity contribution >= 4 is 29.8 Å². The van der Waals surface area contributed by atoms with Crippen LogP contribution in [0, 0.1) is 11.8 Å². The van der Waals surface area contributed by atoms with E-state index in [9.17, 15) is 24.0 Å². The molecule has 5 N–H and O–H groups in total. The fourth-order valence-electron chi connectivity index (χ4n) is 4.26. The number of carboxylic acid groups (broad SMARTS) is 1. The fourth-order valence-corrected chi connectivity index (χ4v) is 4.26. The summed E-state index contributed by atoms with van der Waals surface area (Å²) in [5.41, 5.74) is 4.41. The monoisotopic (exact) mass is 468 g/mol. The number of hydrogen-bond donors (Lipinski definition) is 4. The lowest BCUT2D eigenvalue weighted by Crippen LogP contribution is -2.48. The van der Waals surface area contributed by atoms with Crippen LogP contribution in [0.4, 0.5) is 4.79 Å². The average molecular weight is 469 g/mol. The Morgan fingerprint density at radius 3 is 2.24 bits per heavy atom. The maximum atomic E-state index is 12.7. The van der Waals surface area contributed by atoms with Gasteiger partial charge in [-0.1, -0.05) is 0 Å². The first kappa shape index (κ1) is 26.4. The molecule has 0 spiro atoms. The van der Waals surface area contributed by atoms with Gasteiger partial charge in [-0.05, 0) is 65.2 Å². The van der Waals surface area contributed by atoms with Crippen molar-refractivity contribution in [1.29, 1.82) is 0 Å². The van der Waals surface area contributed by atoms with Crippen molar-refractivity contribution in [2.24, 2.45) is 17.6 Å². The first-order chi connectivity index (χ1) is 15.4. The number of nitrogens with two attached hydrogens (primary N) is 1. The van der Waals surface area contributed by atoms with Gasteiger partial charge < -0.3 is 26.2 Å². The van der Waals surface area contributed by atoms with Crippen LogP contribution in [-0.4, -0.2) is 70.6 Å². The van der Waals surface area contributed by atoms with Gasteiger partial charge in [0.25, 0.3) is 0 Å². The molecular formula is C22H36N4O7. The molecule has 0 aromatic carbocycles. The zero-order valence-corrected chi connectivity index (χ0v) is 19.6. The summed E-state index contributed by atoms with van der Waals surface area (Å²) in [6.07, 6.45) is 2.91. The number of rotatable bonds is 8. The van der Waals surface area contributed by atoms with E-state index in [-0.39, 0.29) is 17.7 Å². The number of aliphatic carboxylic acids is 1. The SMILES string of the molecule is CC(C)(C)OC(=O)N1CCCC1C(=O)NCC1CCC(C(=O)NC(CC(N)=O)C(=O)O)CC1. The standard InChI is InChI=1S/C22H36N4O7/c1-22(2,3)33-21(32)26-10-4-5-16(26)19(29)24-12-13-6-8-14(9-7-13)18(28)25-15(20(30)31)11-17(23)27/h13-16H,4-12H2,1-3H3,(H2,23,27)(H,24,29)(H,25,28)(H,30,31). The molecule has 0 radical (unpaired) electrons. The number of carbonyl (C=O) groups excluding carboxylic acids is 4. The molecule has 1 saturated carbocycles. The van der Waals surface area contributed by atoms with Crippen LogP contribution in [0.15, 0.2) is 0 Å². The van der Waals surface area contributed by atoms with Crippen LogP contribution >= 0.6 is 0 Å². The molecule has 2 aliphatic rings. The highest BCUT2D eigenvalue weighted by Gasteiger charge is 2.37. The molecule has 186 valence electrons. The van der Waals surface area contributed by atoms with Gasteiger partial charge in [0.05, 0.1) is 6.42 Å². The molecule has 2 fully saturated rings. The van der Waals surface area contributed by atoms with Crippen molar-refractivity contribution in [2.75, 3.05) is 13.1 Å². The number of hydrogen-bond acceptors (Lipinski definition) is 6. The van der Waals surface area contributed by atoms with E-state index in [1.54, 1.807) is 20.8 Å². The highest BCUT2D eigenvalue weighted by Crippen LogP contribution is 2.29. The van der Waals surface area contributed by atoms with Gasteiger partial charge in [0.15, 0.2) is 0 Å². The third kappa shape index (κ3) is 8.21. The topological polar surface area (TPSA) is 168 Å². The van der Waals surface area contributed by atoms with Gasteiger partial charge in [0.1, 0.15) is 17.7 Å². The van der Waals surface area contributed by atoms with Gasteiger partial charge >= 0.3 is 12.1 Å². The second-order valence-electron chi connectivity index (χ2n) is 9.86. The largest absolute Gasteiger partial charge is 0.480 e. The van der Waals surface area contributed by atoms with Gasteiger partial charge in [0.2, 0.25) is 17.7 Å². The summed E-state index contributed by atoms with van der Waals surface area (Å²) in [5, 5.41) is 14.5. The lowest BCUT2D eigenvalue weighted by atomic mass is 9.81. The maximum absolute atomic E-state index is 12.7. The molecule has 0 bridgehead atoms. The van der Waals surface area contributed by atoms with E-state index in [4.69, 9.17) is 15.6 Å². The number of carboxylic acids is 1. The highest BCUT2D eigenvalue weighted by atomic mass is 16.6. The number of nitrogens with one attached hydrogen (secondary N) is 2. The third-order valence-corrected chi connectivity index (χ3v) is 5.99. The van der Waals surface area contributed by atoms with Crippen LogP contribution < -0.4 is 16.4 Å².